The monoisotopic (exact) mass is 268 g/mol. The SMILES string of the molecule is CCOC(=O)C=C1C(=O)Oc2c1ccc1ccccc21. The number of hydrogen-bond acceptors (Lipinski definition) is 4. The van der Waals surface area contributed by atoms with E-state index in [1.165, 1.54) is 6.08 Å². The third kappa shape index (κ3) is 1.95. The molecule has 3 rings (SSSR count). The molecule has 1 aliphatic heterocycles. The number of rotatable bonds is 2. The van der Waals surface area contributed by atoms with Gasteiger partial charge in [0.1, 0.15) is 5.75 Å². The number of ether oxygens (including phenoxy) is 2. The van der Waals surface area contributed by atoms with Crippen LogP contribution in [-0.4, -0.2) is 18.5 Å². The zero-order valence-corrected chi connectivity index (χ0v) is 10.9. The second kappa shape index (κ2) is 4.81. The molecule has 1 heterocycles. The standard InChI is InChI=1S/C16H12O4/c1-2-19-14(17)9-13-12-8-7-10-5-3-4-6-11(10)15(12)20-16(13)18/h3-9H,2H2,1H3. The fraction of sp³-hybridized carbons (Fsp3) is 0.125. The molecule has 0 bridgehead atoms. The van der Waals surface area contributed by atoms with E-state index in [1.54, 1.807) is 13.0 Å². The lowest BCUT2D eigenvalue weighted by molar-refractivity contribution is -0.137. The van der Waals surface area contributed by atoms with E-state index in [-0.39, 0.29) is 12.2 Å². The molecule has 0 unspecified atom stereocenters. The normalized spacial score (nSPS) is 15.2. The summed E-state index contributed by atoms with van der Waals surface area (Å²) in [5, 5.41) is 1.84. The van der Waals surface area contributed by atoms with Crippen LogP contribution in [0.1, 0.15) is 12.5 Å². The summed E-state index contributed by atoms with van der Waals surface area (Å²) >= 11 is 0. The molecule has 100 valence electrons. The summed E-state index contributed by atoms with van der Waals surface area (Å²) in [7, 11) is 0. The Balaban J connectivity index is 2.14. The fourth-order valence-electron chi connectivity index (χ4n) is 2.26. The maximum Gasteiger partial charge on any atom is 0.344 e. The zero-order chi connectivity index (χ0) is 14.1. The van der Waals surface area contributed by atoms with Gasteiger partial charge in [0.25, 0.3) is 0 Å². The molecule has 4 nitrogen and oxygen atoms in total. The Morgan fingerprint density at radius 3 is 2.85 bits per heavy atom. The molecule has 0 radical (unpaired) electrons. The van der Waals surface area contributed by atoms with E-state index < -0.39 is 11.9 Å². The molecule has 0 fully saturated rings. The van der Waals surface area contributed by atoms with E-state index >= 15 is 0 Å². The summed E-state index contributed by atoms with van der Waals surface area (Å²) in [6.07, 6.45) is 1.19. The summed E-state index contributed by atoms with van der Waals surface area (Å²) < 4.78 is 10.1. The average Bonchev–Trinajstić information content (AvgIpc) is 2.76. The van der Waals surface area contributed by atoms with Gasteiger partial charge in [-0.3, -0.25) is 0 Å². The molecular weight excluding hydrogens is 256 g/mol. The molecule has 0 N–H and O–H groups in total. The average molecular weight is 268 g/mol. The van der Waals surface area contributed by atoms with Crippen molar-refractivity contribution in [2.45, 2.75) is 6.92 Å². The summed E-state index contributed by atoms with van der Waals surface area (Å²) in [6.45, 7) is 1.98. The van der Waals surface area contributed by atoms with Crippen molar-refractivity contribution in [1.29, 1.82) is 0 Å². The van der Waals surface area contributed by atoms with Crippen molar-refractivity contribution in [2.24, 2.45) is 0 Å². The van der Waals surface area contributed by atoms with Gasteiger partial charge in [-0.05, 0) is 18.4 Å². The number of fused-ring (bicyclic) bond motifs is 3. The lowest BCUT2D eigenvalue weighted by atomic mass is 10.0. The van der Waals surface area contributed by atoms with E-state index in [4.69, 9.17) is 9.47 Å². The first-order valence-corrected chi connectivity index (χ1v) is 6.33. The molecule has 0 aliphatic carbocycles. The molecule has 0 saturated heterocycles. The Morgan fingerprint density at radius 1 is 1.25 bits per heavy atom. The molecule has 0 aromatic heterocycles. The molecule has 4 heteroatoms. The molecule has 0 spiro atoms. The van der Waals surface area contributed by atoms with Crippen molar-refractivity contribution >= 4 is 28.3 Å². The summed E-state index contributed by atoms with van der Waals surface area (Å²) in [5.74, 6) is -0.562. The number of carbonyl (C=O) groups excluding carboxylic acids is 2. The van der Waals surface area contributed by atoms with E-state index in [1.807, 2.05) is 30.3 Å². The maximum atomic E-state index is 11.9. The molecule has 0 amide bonds. The van der Waals surface area contributed by atoms with Gasteiger partial charge in [-0.2, -0.15) is 0 Å². The topological polar surface area (TPSA) is 52.6 Å². The minimum absolute atomic E-state index is 0.240. The first kappa shape index (κ1) is 12.4. The van der Waals surface area contributed by atoms with Gasteiger partial charge < -0.3 is 9.47 Å². The highest BCUT2D eigenvalue weighted by molar-refractivity contribution is 6.26. The van der Waals surface area contributed by atoms with Gasteiger partial charge >= 0.3 is 11.9 Å². The van der Waals surface area contributed by atoms with Crippen LogP contribution in [-0.2, 0) is 14.3 Å². The first-order valence-electron chi connectivity index (χ1n) is 6.33. The van der Waals surface area contributed by atoms with Gasteiger partial charge in [0, 0.05) is 17.0 Å². The van der Waals surface area contributed by atoms with Crippen LogP contribution in [0.25, 0.3) is 16.3 Å². The van der Waals surface area contributed by atoms with Crippen LogP contribution in [0.4, 0.5) is 0 Å². The van der Waals surface area contributed by atoms with Gasteiger partial charge in [0.15, 0.2) is 0 Å². The van der Waals surface area contributed by atoms with Crippen LogP contribution in [0.5, 0.6) is 5.75 Å². The molecule has 1 aliphatic rings. The fourth-order valence-corrected chi connectivity index (χ4v) is 2.26. The second-order valence-electron chi connectivity index (χ2n) is 4.36. The van der Waals surface area contributed by atoms with E-state index in [2.05, 4.69) is 0 Å². The van der Waals surface area contributed by atoms with Gasteiger partial charge in [0.05, 0.1) is 12.2 Å². The third-order valence-electron chi connectivity index (χ3n) is 3.13. The van der Waals surface area contributed by atoms with E-state index in [9.17, 15) is 9.59 Å². The lowest BCUT2D eigenvalue weighted by Gasteiger charge is -2.02. The van der Waals surface area contributed by atoms with Gasteiger partial charge in [0.2, 0.25) is 0 Å². The van der Waals surface area contributed by atoms with Crippen LogP contribution in [0.3, 0.4) is 0 Å². The quantitative estimate of drug-likeness (QED) is 0.477. The van der Waals surface area contributed by atoms with E-state index in [0.29, 0.717) is 11.3 Å². The number of carbonyl (C=O) groups is 2. The summed E-state index contributed by atoms with van der Waals surface area (Å²) in [6, 6.07) is 11.3. The Bertz CT molecular complexity index is 743. The van der Waals surface area contributed by atoms with Crippen LogP contribution in [0.2, 0.25) is 0 Å². The minimum Gasteiger partial charge on any atom is -0.463 e. The lowest BCUT2D eigenvalue weighted by Crippen LogP contribution is -2.05. The number of hydrogen-bond donors (Lipinski definition) is 0. The molecule has 0 saturated carbocycles. The highest BCUT2D eigenvalue weighted by Crippen LogP contribution is 2.39. The van der Waals surface area contributed by atoms with Gasteiger partial charge in [-0.15, -0.1) is 0 Å². The number of esters is 2. The molecule has 20 heavy (non-hydrogen) atoms. The maximum absolute atomic E-state index is 11.9. The van der Waals surface area contributed by atoms with Crippen molar-refractivity contribution in [3.63, 3.8) is 0 Å². The molecule has 2 aromatic carbocycles. The van der Waals surface area contributed by atoms with Gasteiger partial charge in [-0.1, -0.05) is 30.3 Å². The molecule has 2 aromatic rings. The predicted octanol–water partition coefficient (Wildman–Crippen LogP) is 2.71. The van der Waals surface area contributed by atoms with Gasteiger partial charge in [-0.25, -0.2) is 9.59 Å². The Hall–Kier alpha value is -2.62. The first-order chi connectivity index (χ1) is 9.70. The Labute approximate surface area is 115 Å². The Kier molecular flexibility index (Phi) is 2.99. The van der Waals surface area contributed by atoms with Crippen molar-refractivity contribution in [3.8, 4) is 5.75 Å². The highest BCUT2D eigenvalue weighted by atomic mass is 16.5. The Morgan fingerprint density at radius 2 is 2.05 bits per heavy atom. The van der Waals surface area contributed by atoms with Crippen molar-refractivity contribution in [3.05, 3.63) is 48.0 Å². The second-order valence-corrected chi connectivity index (χ2v) is 4.36. The zero-order valence-electron chi connectivity index (χ0n) is 10.9. The van der Waals surface area contributed by atoms with Crippen LogP contribution in [0, 0.1) is 0 Å². The van der Waals surface area contributed by atoms with Crippen molar-refractivity contribution in [1.82, 2.24) is 0 Å². The number of benzene rings is 2. The molecular formula is C16H12O4. The van der Waals surface area contributed by atoms with Crippen molar-refractivity contribution < 1.29 is 19.1 Å². The largest absolute Gasteiger partial charge is 0.463 e. The highest BCUT2D eigenvalue weighted by Gasteiger charge is 2.29. The third-order valence-corrected chi connectivity index (χ3v) is 3.13. The van der Waals surface area contributed by atoms with Crippen LogP contribution >= 0.6 is 0 Å². The molecule has 0 atom stereocenters. The minimum atomic E-state index is -0.541. The smallest absolute Gasteiger partial charge is 0.344 e. The van der Waals surface area contributed by atoms with Crippen molar-refractivity contribution in [2.75, 3.05) is 6.61 Å². The summed E-state index contributed by atoms with van der Waals surface area (Å²) in [4.78, 5) is 23.4. The summed E-state index contributed by atoms with van der Waals surface area (Å²) in [5.41, 5.74) is 0.867. The van der Waals surface area contributed by atoms with Crippen LogP contribution < -0.4 is 4.74 Å². The predicted molar refractivity (Wildman–Crippen MR) is 74.2 cm³/mol. The van der Waals surface area contributed by atoms with E-state index in [0.717, 1.165) is 10.8 Å². The van der Waals surface area contributed by atoms with Crippen LogP contribution in [0.15, 0.2) is 42.5 Å².